The maximum absolute atomic E-state index is 13.8. The monoisotopic (exact) mass is 294 g/mol. The van der Waals surface area contributed by atoms with Crippen molar-refractivity contribution >= 4 is 11.8 Å². The van der Waals surface area contributed by atoms with Gasteiger partial charge in [-0.15, -0.1) is 0 Å². The number of hydrogen-bond acceptors (Lipinski definition) is 4. The summed E-state index contributed by atoms with van der Waals surface area (Å²) in [5.41, 5.74) is 0.906. The van der Waals surface area contributed by atoms with E-state index in [1.807, 2.05) is 0 Å². The molecule has 1 heterocycles. The van der Waals surface area contributed by atoms with Gasteiger partial charge in [-0.05, 0) is 25.1 Å². The number of amides is 1. The second kappa shape index (κ2) is 5.84. The van der Waals surface area contributed by atoms with Crippen LogP contribution < -0.4 is 5.06 Å². The Morgan fingerprint density at radius 3 is 2.62 bits per heavy atom. The highest BCUT2D eigenvalue weighted by atomic mass is 19.1. The molecule has 1 N–H and O–H groups in total. The molecule has 2 rings (SSSR count). The highest BCUT2D eigenvalue weighted by molar-refractivity contribution is 5.86. The van der Waals surface area contributed by atoms with Crippen molar-refractivity contribution in [2.24, 2.45) is 0 Å². The summed E-state index contributed by atoms with van der Waals surface area (Å²) in [6, 6.07) is 4.48. The van der Waals surface area contributed by atoms with Gasteiger partial charge < -0.3 is 4.74 Å². The number of rotatable bonds is 2. The fourth-order valence-electron chi connectivity index (χ4n) is 1.81. The van der Waals surface area contributed by atoms with Crippen LogP contribution in [0.5, 0.6) is 0 Å². The number of nitrogens with zero attached hydrogens (tertiary/aromatic N) is 2. The fourth-order valence-corrected chi connectivity index (χ4v) is 1.81. The number of halogens is 2. The molecule has 0 spiro atoms. The molecule has 0 saturated carbocycles. The van der Waals surface area contributed by atoms with Gasteiger partial charge in [-0.3, -0.25) is 10.2 Å². The normalized spacial score (nSPS) is 10.3. The molecule has 0 bridgehead atoms. The van der Waals surface area contributed by atoms with Gasteiger partial charge in [-0.2, -0.15) is 5.06 Å². The average molecular weight is 294 g/mol. The van der Waals surface area contributed by atoms with Gasteiger partial charge in [0.25, 0.3) is 0 Å². The summed E-state index contributed by atoms with van der Waals surface area (Å²) in [7, 11) is 1.10. The van der Waals surface area contributed by atoms with Crippen LogP contribution in [0.2, 0.25) is 0 Å². The summed E-state index contributed by atoms with van der Waals surface area (Å²) in [5.74, 6) is -1.46. The van der Waals surface area contributed by atoms with E-state index < -0.39 is 17.7 Å². The quantitative estimate of drug-likeness (QED) is 0.682. The van der Waals surface area contributed by atoms with Gasteiger partial charge in [0.2, 0.25) is 0 Å². The molecule has 1 aromatic heterocycles. The number of hydrogen-bond donors (Lipinski definition) is 1. The van der Waals surface area contributed by atoms with Gasteiger partial charge in [-0.25, -0.2) is 13.6 Å². The third-order valence-electron chi connectivity index (χ3n) is 2.89. The van der Waals surface area contributed by atoms with E-state index >= 15 is 0 Å². The lowest BCUT2D eigenvalue weighted by atomic mass is 10.0. The first kappa shape index (κ1) is 14.9. The Labute approximate surface area is 119 Å². The first-order chi connectivity index (χ1) is 9.93. The molecule has 0 saturated heterocycles. The molecule has 0 aliphatic rings. The number of aryl methyl sites for hydroxylation is 1. The summed E-state index contributed by atoms with van der Waals surface area (Å²) >= 11 is 0. The lowest BCUT2D eigenvalue weighted by Gasteiger charge is -2.15. The van der Waals surface area contributed by atoms with Crippen molar-refractivity contribution in [3.05, 3.63) is 47.8 Å². The minimum atomic E-state index is -1.01. The number of benzene rings is 1. The average Bonchev–Trinajstić information content (AvgIpc) is 2.47. The third-order valence-corrected chi connectivity index (χ3v) is 2.89. The van der Waals surface area contributed by atoms with Gasteiger partial charge >= 0.3 is 6.09 Å². The van der Waals surface area contributed by atoms with Gasteiger partial charge in [0.05, 0.1) is 19.0 Å². The maximum atomic E-state index is 13.8. The van der Waals surface area contributed by atoms with Crippen molar-refractivity contribution in [2.45, 2.75) is 6.92 Å². The van der Waals surface area contributed by atoms with Crippen LogP contribution in [0.15, 0.2) is 30.5 Å². The lowest BCUT2D eigenvalue weighted by molar-refractivity contribution is 0.141. The lowest BCUT2D eigenvalue weighted by Crippen LogP contribution is -2.26. The second-order valence-electron chi connectivity index (χ2n) is 4.23. The molecular weight excluding hydrogens is 282 g/mol. The summed E-state index contributed by atoms with van der Waals surface area (Å²) in [6.07, 6.45) is 0.225. The first-order valence-corrected chi connectivity index (χ1v) is 5.93. The Bertz CT molecular complexity index is 692. The topological polar surface area (TPSA) is 62.7 Å². The largest absolute Gasteiger partial charge is 0.451 e. The van der Waals surface area contributed by atoms with Crippen molar-refractivity contribution in [3.8, 4) is 11.1 Å². The second-order valence-corrected chi connectivity index (χ2v) is 4.23. The molecule has 5 nitrogen and oxygen atoms in total. The van der Waals surface area contributed by atoms with E-state index in [1.54, 1.807) is 6.92 Å². The third kappa shape index (κ3) is 2.97. The highest BCUT2D eigenvalue weighted by Gasteiger charge is 2.17. The van der Waals surface area contributed by atoms with E-state index in [2.05, 4.69) is 9.72 Å². The van der Waals surface area contributed by atoms with Crippen LogP contribution in [0.3, 0.4) is 0 Å². The van der Waals surface area contributed by atoms with E-state index in [-0.39, 0.29) is 16.3 Å². The molecule has 0 unspecified atom stereocenters. The highest BCUT2D eigenvalue weighted by Crippen LogP contribution is 2.29. The minimum absolute atomic E-state index is 0.00572. The zero-order valence-electron chi connectivity index (χ0n) is 11.3. The molecule has 0 aliphatic heterocycles. The molecule has 7 heteroatoms. The number of anilines is 1. The van der Waals surface area contributed by atoms with E-state index in [1.165, 1.54) is 18.3 Å². The summed E-state index contributed by atoms with van der Waals surface area (Å²) in [6.45, 7) is 1.63. The van der Waals surface area contributed by atoms with Crippen LogP contribution >= 0.6 is 0 Å². The molecule has 110 valence electrons. The first-order valence-electron chi connectivity index (χ1n) is 5.93. The van der Waals surface area contributed by atoms with E-state index in [4.69, 9.17) is 0 Å². The fraction of sp³-hybridized carbons (Fsp3) is 0.143. The summed E-state index contributed by atoms with van der Waals surface area (Å²) < 4.78 is 31.2. The van der Waals surface area contributed by atoms with E-state index in [0.29, 0.717) is 11.3 Å². The Kier molecular flexibility index (Phi) is 4.13. The summed E-state index contributed by atoms with van der Waals surface area (Å²) in [5, 5.41) is 9.88. The molecule has 1 aromatic carbocycles. The molecule has 0 atom stereocenters. The predicted molar refractivity (Wildman–Crippen MR) is 71.0 cm³/mol. The SMILES string of the molecule is COC(=O)N(O)c1cnc(C)c(-c2ccc(F)cc2F)c1. The van der Waals surface area contributed by atoms with E-state index in [9.17, 15) is 18.8 Å². The number of hydroxylamine groups is 1. The number of carbonyl (C=O) groups excluding carboxylic acids is 1. The van der Waals surface area contributed by atoms with Crippen molar-refractivity contribution in [1.82, 2.24) is 4.98 Å². The number of ether oxygens (including phenoxy) is 1. The molecular formula is C14H12F2N2O3. The minimum Gasteiger partial charge on any atom is -0.451 e. The molecule has 0 radical (unpaired) electrons. The Balaban J connectivity index is 2.51. The molecule has 21 heavy (non-hydrogen) atoms. The smallest absolute Gasteiger partial charge is 0.438 e. The van der Waals surface area contributed by atoms with Crippen molar-refractivity contribution in [1.29, 1.82) is 0 Å². The van der Waals surface area contributed by atoms with Crippen LogP contribution in [-0.4, -0.2) is 23.4 Å². The molecule has 1 amide bonds. The molecule has 0 fully saturated rings. The Morgan fingerprint density at radius 1 is 1.29 bits per heavy atom. The van der Waals surface area contributed by atoms with Crippen molar-refractivity contribution in [2.75, 3.05) is 12.2 Å². The van der Waals surface area contributed by atoms with Crippen molar-refractivity contribution in [3.63, 3.8) is 0 Å². The van der Waals surface area contributed by atoms with Crippen LogP contribution in [0.25, 0.3) is 11.1 Å². The van der Waals surface area contributed by atoms with Crippen LogP contribution in [0.4, 0.5) is 19.3 Å². The van der Waals surface area contributed by atoms with E-state index in [0.717, 1.165) is 19.2 Å². The zero-order valence-corrected chi connectivity index (χ0v) is 11.3. The van der Waals surface area contributed by atoms with Gasteiger partial charge in [-0.1, -0.05) is 0 Å². The number of methoxy groups -OCH3 is 1. The number of carbonyl (C=O) groups is 1. The molecule has 2 aromatic rings. The van der Waals surface area contributed by atoms with Crippen LogP contribution in [0.1, 0.15) is 5.69 Å². The van der Waals surface area contributed by atoms with Gasteiger partial charge in [0.1, 0.15) is 11.6 Å². The Morgan fingerprint density at radius 2 is 2.00 bits per heavy atom. The summed E-state index contributed by atoms with van der Waals surface area (Å²) in [4.78, 5) is 15.2. The van der Waals surface area contributed by atoms with Gasteiger partial charge in [0, 0.05) is 22.9 Å². The zero-order chi connectivity index (χ0) is 15.6. The Hall–Kier alpha value is -2.54. The standard InChI is InChI=1S/C14H12F2N2O3/c1-8-12(11-4-3-9(15)5-13(11)16)6-10(7-17-8)18(20)14(19)21-2/h3-7,20H,1-2H3. The molecule has 0 aliphatic carbocycles. The predicted octanol–water partition coefficient (Wildman–Crippen LogP) is 3.30. The maximum Gasteiger partial charge on any atom is 0.438 e. The number of aromatic nitrogens is 1. The van der Waals surface area contributed by atoms with Crippen LogP contribution in [-0.2, 0) is 4.74 Å². The van der Waals surface area contributed by atoms with Crippen molar-refractivity contribution < 1.29 is 23.5 Å². The number of pyridine rings is 1. The van der Waals surface area contributed by atoms with Crippen LogP contribution in [0, 0.1) is 18.6 Å². The van der Waals surface area contributed by atoms with Gasteiger partial charge in [0.15, 0.2) is 0 Å².